The molecule has 0 N–H and O–H groups in total. The van der Waals surface area contributed by atoms with Crippen LogP contribution in [-0.4, -0.2) is 47.6 Å². The molecule has 0 radical (unpaired) electrons. The molecule has 0 aliphatic carbocycles. The summed E-state index contributed by atoms with van der Waals surface area (Å²) in [6.45, 7) is 3.26. The fraction of sp³-hybridized carbons (Fsp3) is 0.400. The molecular weight excluding hydrogens is 382 g/mol. The molecule has 1 amide bonds. The lowest BCUT2D eigenvalue weighted by Gasteiger charge is -2.24. The first-order valence-electron chi connectivity index (χ1n) is 8.99. The highest BCUT2D eigenvalue weighted by molar-refractivity contribution is 8.26. The van der Waals surface area contributed by atoms with E-state index in [-0.39, 0.29) is 18.1 Å². The van der Waals surface area contributed by atoms with Gasteiger partial charge in [-0.05, 0) is 43.6 Å². The maximum absolute atomic E-state index is 12.8. The number of para-hydroxylation sites is 1. The molecule has 1 aromatic rings. The van der Waals surface area contributed by atoms with Gasteiger partial charge in [-0.25, -0.2) is 0 Å². The van der Waals surface area contributed by atoms with Crippen LogP contribution in [0.15, 0.2) is 34.8 Å². The number of carbonyl (C=O) groups is 1. The van der Waals surface area contributed by atoms with Gasteiger partial charge in [-0.3, -0.25) is 9.69 Å². The van der Waals surface area contributed by atoms with Crippen LogP contribution in [0.1, 0.15) is 25.3 Å². The average Bonchev–Trinajstić information content (AvgIpc) is 3.26. The Kier molecular flexibility index (Phi) is 5.25. The Morgan fingerprint density at radius 3 is 3.04 bits per heavy atom. The van der Waals surface area contributed by atoms with E-state index in [0.29, 0.717) is 21.5 Å². The Hall–Kier alpha value is -1.83. The first kappa shape index (κ1) is 18.5. The van der Waals surface area contributed by atoms with Crippen molar-refractivity contribution in [3.8, 4) is 11.5 Å². The molecule has 2 saturated heterocycles. The number of thiocarbonyl (C=S) groups is 1. The van der Waals surface area contributed by atoms with Crippen molar-refractivity contribution < 1.29 is 19.0 Å². The van der Waals surface area contributed by atoms with E-state index in [1.54, 1.807) is 12.0 Å². The zero-order chi connectivity index (χ0) is 19.0. The predicted molar refractivity (Wildman–Crippen MR) is 110 cm³/mol. The first-order valence-corrected chi connectivity index (χ1v) is 10.2. The van der Waals surface area contributed by atoms with Crippen molar-refractivity contribution in [2.45, 2.75) is 32.0 Å². The zero-order valence-electron chi connectivity index (χ0n) is 15.3. The summed E-state index contributed by atoms with van der Waals surface area (Å²) in [5.41, 5.74) is 1.88. The number of fused-ring (bicyclic) bond motifs is 1. The maximum Gasteiger partial charge on any atom is 0.266 e. The van der Waals surface area contributed by atoms with Crippen LogP contribution in [0.2, 0.25) is 0 Å². The Morgan fingerprint density at radius 2 is 2.30 bits per heavy atom. The van der Waals surface area contributed by atoms with E-state index >= 15 is 0 Å². The first-order chi connectivity index (χ1) is 13.1. The lowest BCUT2D eigenvalue weighted by atomic mass is 10.0. The Morgan fingerprint density at radius 1 is 1.44 bits per heavy atom. The summed E-state index contributed by atoms with van der Waals surface area (Å²) >= 11 is 6.77. The third-order valence-electron chi connectivity index (χ3n) is 4.90. The minimum Gasteiger partial charge on any atom is -0.493 e. The zero-order valence-corrected chi connectivity index (χ0v) is 16.9. The Labute approximate surface area is 168 Å². The van der Waals surface area contributed by atoms with E-state index in [9.17, 15) is 4.79 Å². The summed E-state index contributed by atoms with van der Waals surface area (Å²) in [4.78, 5) is 15.1. The van der Waals surface area contributed by atoms with Crippen LogP contribution in [0, 0.1) is 0 Å². The number of rotatable bonds is 4. The van der Waals surface area contributed by atoms with E-state index in [1.807, 2.05) is 37.3 Å². The van der Waals surface area contributed by atoms with Crippen molar-refractivity contribution in [1.29, 1.82) is 0 Å². The van der Waals surface area contributed by atoms with Crippen LogP contribution in [0.3, 0.4) is 0 Å². The summed E-state index contributed by atoms with van der Waals surface area (Å²) in [6, 6.07) is 5.77. The number of amides is 1. The standard InChI is InChI=1S/C20H21NO4S2/c1-12-14(9-13-5-3-7-16(23-2)18(13)25-12)10-17-19(22)21(20(26)27-17)11-15-6-4-8-24-15/h3,5,7,9-10,12,15H,4,6,8,11H2,1-2H3/b17-10-. The predicted octanol–water partition coefficient (Wildman–Crippen LogP) is 3.78. The normalized spacial score (nSPS) is 26.2. The number of ether oxygens (including phenoxy) is 3. The van der Waals surface area contributed by atoms with Gasteiger partial charge in [0.05, 0.1) is 24.7 Å². The lowest BCUT2D eigenvalue weighted by molar-refractivity contribution is -0.123. The number of hydrogen-bond acceptors (Lipinski definition) is 6. The second kappa shape index (κ2) is 7.66. The van der Waals surface area contributed by atoms with Gasteiger partial charge < -0.3 is 14.2 Å². The quantitative estimate of drug-likeness (QED) is 0.563. The number of methoxy groups -OCH3 is 1. The lowest BCUT2D eigenvalue weighted by Crippen LogP contribution is -2.35. The maximum atomic E-state index is 12.8. The van der Waals surface area contributed by atoms with Gasteiger partial charge in [-0.2, -0.15) is 0 Å². The number of nitrogens with zero attached hydrogens (tertiary/aromatic N) is 1. The van der Waals surface area contributed by atoms with Gasteiger partial charge in [0.2, 0.25) is 0 Å². The number of hydrogen-bond donors (Lipinski definition) is 0. The third kappa shape index (κ3) is 3.63. The molecule has 0 saturated carbocycles. The highest BCUT2D eigenvalue weighted by atomic mass is 32.2. The molecule has 1 aromatic carbocycles. The van der Waals surface area contributed by atoms with Crippen LogP contribution in [0.4, 0.5) is 0 Å². The van der Waals surface area contributed by atoms with Crippen LogP contribution in [-0.2, 0) is 9.53 Å². The van der Waals surface area contributed by atoms with Gasteiger partial charge in [-0.15, -0.1) is 0 Å². The van der Waals surface area contributed by atoms with Crippen LogP contribution >= 0.6 is 24.0 Å². The molecular formula is C20H21NO4S2. The van der Waals surface area contributed by atoms with Crippen LogP contribution < -0.4 is 9.47 Å². The fourth-order valence-corrected chi connectivity index (χ4v) is 4.71. The second-order valence-electron chi connectivity index (χ2n) is 6.71. The van der Waals surface area contributed by atoms with E-state index in [1.165, 1.54) is 11.8 Å². The highest BCUT2D eigenvalue weighted by Crippen LogP contribution is 2.40. The van der Waals surface area contributed by atoms with E-state index < -0.39 is 0 Å². The highest BCUT2D eigenvalue weighted by Gasteiger charge is 2.35. The Balaban J connectivity index is 1.58. The van der Waals surface area contributed by atoms with Crippen molar-refractivity contribution in [3.05, 3.63) is 40.3 Å². The SMILES string of the molecule is COc1cccc2c1OC(C)C(/C=C1\SC(=S)N(CC3CCCO3)C1=O)=C2. The van der Waals surface area contributed by atoms with Gasteiger partial charge in [0, 0.05) is 12.2 Å². The van der Waals surface area contributed by atoms with Gasteiger partial charge in [0.1, 0.15) is 10.4 Å². The molecule has 5 nitrogen and oxygen atoms in total. The molecule has 0 aromatic heterocycles. The Bertz CT molecular complexity index is 842. The van der Waals surface area contributed by atoms with Crippen molar-refractivity contribution in [3.63, 3.8) is 0 Å². The summed E-state index contributed by atoms with van der Waals surface area (Å²) in [6.07, 6.45) is 5.85. The van der Waals surface area contributed by atoms with Gasteiger partial charge in [-0.1, -0.05) is 36.1 Å². The number of benzene rings is 1. The minimum absolute atomic E-state index is 0.0509. The van der Waals surface area contributed by atoms with E-state index in [4.69, 9.17) is 26.4 Å². The molecule has 7 heteroatoms. The second-order valence-corrected chi connectivity index (χ2v) is 8.39. The summed E-state index contributed by atoms with van der Waals surface area (Å²) < 4.78 is 17.7. The number of carbonyl (C=O) groups excluding carboxylic acids is 1. The smallest absolute Gasteiger partial charge is 0.266 e. The van der Waals surface area contributed by atoms with Gasteiger partial charge in [0.15, 0.2) is 11.5 Å². The van der Waals surface area contributed by atoms with Crippen molar-refractivity contribution in [2.24, 2.45) is 0 Å². The van der Waals surface area contributed by atoms with E-state index in [0.717, 1.165) is 36.3 Å². The van der Waals surface area contributed by atoms with Crippen LogP contribution in [0.5, 0.6) is 11.5 Å². The molecule has 142 valence electrons. The number of thioether (sulfide) groups is 1. The van der Waals surface area contributed by atoms with Crippen molar-refractivity contribution >= 4 is 40.3 Å². The monoisotopic (exact) mass is 403 g/mol. The topological polar surface area (TPSA) is 48.0 Å². The van der Waals surface area contributed by atoms with Crippen LogP contribution in [0.25, 0.3) is 6.08 Å². The van der Waals surface area contributed by atoms with Gasteiger partial charge >= 0.3 is 0 Å². The molecule has 2 unspecified atom stereocenters. The van der Waals surface area contributed by atoms with E-state index in [2.05, 4.69) is 0 Å². The largest absolute Gasteiger partial charge is 0.493 e. The molecule has 0 spiro atoms. The summed E-state index contributed by atoms with van der Waals surface area (Å²) in [7, 11) is 1.63. The summed E-state index contributed by atoms with van der Waals surface area (Å²) in [5, 5.41) is 0. The average molecular weight is 404 g/mol. The van der Waals surface area contributed by atoms with Crippen molar-refractivity contribution in [2.75, 3.05) is 20.3 Å². The van der Waals surface area contributed by atoms with Crippen molar-refractivity contribution in [1.82, 2.24) is 4.90 Å². The molecule has 3 aliphatic rings. The third-order valence-corrected chi connectivity index (χ3v) is 6.27. The molecule has 27 heavy (non-hydrogen) atoms. The molecule has 3 aliphatic heterocycles. The molecule has 0 bridgehead atoms. The summed E-state index contributed by atoms with van der Waals surface area (Å²) in [5.74, 6) is 1.39. The molecule has 2 atom stereocenters. The molecule has 3 heterocycles. The van der Waals surface area contributed by atoms with Gasteiger partial charge in [0.25, 0.3) is 5.91 Å². The fourth-order valence-electron chi connectivity index (χ4n) is 3.43. The minimum atomic E-state index is -0.185. The molecule has 2 fully saturated rings. The molecule has 4 rings (SSSR count).